The average molecular weight is 211 g/mol. The molecule has 0 amide bonds. The van der Waals surface area contributed by atoms with E-state index in [9.17, 15) is 0 Å². The predicted octanol–water partition coefficient (Wildman–Crippen LogP) is 2.48. The Labute approximate surface area is 91.5 Å². The molecular formula is C12H21NO2. The van der Waals surface area contributed by atoms with Gasteiger partial charge in [0.05, 0.1) is 12.5 Å². The third-order valence-corrected chi connectivity index (χ3v) is 3.05. The summed E-state index contributed by atoms with van der Waals surface area (Å²) in [6.07, 6.45) is 5.21. The lowest BCUT2D eigenvalue weighted by molar-refractivity contribution is 0.205. The van der Waals surface area contributed by atoms with Crippen molar-refractivity contribution in [1.29, 1.82) is 0 Å². The number of nitrogens with one attached hydrogen (secondary N) is 1. The molecule has 3 nitrogen and oxygen atoms in total. The van der Waals surface area contributed by atoms with Gasteiger partial charge in [-0.15, -0.1) is 0 Å². The molecule has 0 aliphatic heterocycles. The van der Waals surface area contributed by atoms with Crippen LogP contribution in [0.1, 0.15) is 45.2 Å². The zero-order valence-corrected chi connectivity index (χ0v) is 9.79. The van der Waals surface area contributed by atoms with Gasteiger partial charge in [-0.3, -0.25) is 0 Å². The third kappa shape index (κ3) is 3.36. The molecule has 86 valence electrons. The molecule has 3 heteroatoms. The van der Waals surface area contributed by atoms with Crippen molar-refractivity contribution in [2.75, 3.05) is 6.61 Å². The van der Waals surface area contributed by atoms with Gasteiger partial charge in [0, 0.05) is 23.8 Å². The Hall–Kier alpha value is -0.800. The van der Waals surface area contributed by atoms with E-state index in [0.717, 1.165) is 18.4 Å². The molecule has 0 aliphatic rings. The van der Waals surface area contributed by atoms with Gasteiger partial charge in [-0.2, -0.15) is 0 Å². The fourth-order valence-corrected chi connectivity index (χ4v) is 1.73. The molecule has 2 atom stereocenters. The van der Waals surface area contributed by atoms with Crippen molar-refractivity contribution in [2.24, 2.45) is 0 Å². The van der Waals surface area contributed by atoms with E-state index in [1.807, 2.05) is 6.07 Å². The fourth-order valence-electron chi connectivity index (χ4n) is 1.73. The van der Waals surface area contributed by atoms with Crippen molar-refractivity contribution in [3.8, 4) is 0 Å². The molecule has 0 spiro atoms. The minimum atomic E-state index is -0.00850. The van der Waals surface area contributed by atoms with E-state index in [2.05, 4.69) is 26.1 Å². The summed E-state index contributed by atoms with van der Waals surface area (Å²) in [6.45, 7) is 6.59. The summed E-state index contributed by atoms with van der Waals surface area (Å²) in [5.41, 5.74) is 1.14. The third-order valence-electron chi connectivity index (χ3n) is 3.05. The Balaban J connectivity index is 2.59. The first kappa shape index (κ1) is 12.3. The summed E-state index contributed by atoms with van der Waals surface area (Å²) < 4.78 is 5.05. The molecule has 1 rings (SSSR count). The molecule has 0 radical (unpaired) electrons. The molecule has 1 aromatic rings. The predicted molar refractivity (Wildman–Crippen MR) is 60.7 cm³/mol. The number of hydrogen-bond donors (Lipinski definition) is 2. The van der Waals surface area contributed by atoms with Crippen molar-refractivity contribution in [3.63, 3.8) is 0 Å². The largest absolute Gasteiger partial charge is 0.472 e. The molecule has 2 unspecified atom stereocenters. The van der Waals surface area contributed by atoms with Crippen LogP contribution in [-0.4, -0.2) is 17.3 Å². The number of hydrogen-bond acceptors (Lipinski definition) is 3. The van der Waals surface area contributed by atoms with Crippen molar-refractivity contribution in [3.05, 3.63) is 24.2 Å². The number of aliphatic hydroxyl groups is 1. The monoisotopic (exact) mass is 211 g/mol. The van der Waals surface area contributed by atoms with E-state index in [1.54, 1.807) is 12.5 Å². The highest BCUT2D eigenvalue weighted by molar-refractivity contribution is 5.11. The quantitative estimate of drug-likeness (QED) is 0.760. The van der Waals surface area contributed by atoms with E-state index in [1.165, 1.54) is 0 Å². The van der Waals surface area contributed by atoms with Crippen molar-refractivity contribution in [1.82, 2.24) is 5.32 Å². The van der Waals surface area contributed by atoms with Crippen LogP contribution in [-0.2, 0) is 0 Å². The normalized spacial score (nSPS) is 17.3. The minimum Gasteiger partial charge on any atom is -0.472 e. The first-order valence-corrected chi connectivity index (χ1v) is 5.52. The van der Waals surface area contributed by atoms with Crippen molar-refractivity contribution < 1.29 is 9.52 Å². The highest BCUT2D eigenvalue weighted by Crippen LogP contribution is 2.21. The lowest BCUT2D eigenvalue weighted by Crippen LogP contribution is -2.43. The lowest BCUT2D eigenvalue weighted by atomic mass is 9.93. The zero-order valence-electron chi connectivity index (χ0n) is 9.79. The number of rotatable bonds is 6. The standard InChI is InChI=1S/C12H21NO2/c1-4-12(3,6-7-14)13-10(2)11-5-8-15-9-11/h5,8-10,13-14H,4,6-7H2,1-3H3. The molecule has 0 saturated carbocycles. The molecule has 0 fully saturated rings. The van der Waals surface area contributed by atoms with Crippen LogP contribution in [0.3, 0.4) is 0 Å². The van der Waals surface area contributed by atoms with Gasteiger partial charge in [0.15, 0.2) is 0 Å². The van der Waals surface area contributed by atoms with Crippen LogP contribution in [0.4, 0.5) is 0 Å². The van der Waals surface area contributed by atoms with Crippen LogP contribution in [0.5, 0.6) is 0 Å². The molecule has 0 bridgehead atoms. The molecule has 1 aromatic heterocycles. The van der Waals surface area contributed by atoms with Crippen molar-refractivity contribution in [2.45, 2.75) is 45.2 Å². The van der Waals surface area contributed by atoms with Gasteiger partial charge in [0.25, 0.3) is 0 Å². The minimum absolute atomic E-state index is 0.00850. The number of aliphatic hydroxyl groups excluding tert-OH is 1. The van der Waals surface area contributed by atoms with Crippen LogP contribution < -0.4 is 5.32 Å². The maximum absolute atomic E-state index is 9.02. The van der Waals surface area contributed by atoms with Gasteiger partial charge in [0.1, 0.15) is 0 Å². The second-order valence-corrected chi connectivity index (χ2v) is 4.31. The van der Waals surface area contributed by atoms with Gasteiger partial charge in [0.2, 0.25) is 0 Å². The zero-order chi connectivity index (χ0) is 11.3. The van der Waals surface area contributed by atoms with Crippen LogP contribution in [0.15, 0.2) is 23.0 Å². The molecule has 0 saturated heterocycles. The summed E-state index contributed by atoms with van der Waals surface area (Å²) in [5, 5.41) is 12.5. The molecule has 2 N–H and O–H groups in total. The van der Waals surface area contributed by atoms with Gasteiger partial charge >= 0.3 is 0 Å². The Kier molecular flexibility index (Phi) is 4.36. The van der Waals surface area contributed by atoms with Gasteiger partial charge < -0.3 is 14.8 Å². The maximum atomic E-state index is 9.02. The SMILES string of the molecule is CCC(C)(CCO)NC(C)c1ccoc1. The summed E-state index contributed by atoms with van der Waals surface area (Å²) in [5.74, 6) is 0. The second kappa shape index (κ2) is 5.33. The molecule has 0 aliphatic carbocycles. The maximum Gasteiger partial charge on any atom is 0.0950 e. The van der Waals surface area contributed by atoms with E-state index < -0.39 is 0 Å². The highest BCUT2D eigenvalue weighted by Gasteiger charge is 2.23. The van der Waals surface area contributed by atoms with Gasteiger partial charge in [-0.25, -0.2) is 0 Å². The molecule has 15 heavy (non-hydrogen) atoms. The van der Waals surface area contributed by atoms with Crippen molar-refractivity contribution >= 4 is 0 Å². The Morgan fingerprint density at radius 1 is 1.60 bits per heavy atom. The molecule has 1 heterocycles. The fraction of sp³-hybridized carbons (Fsp3) is 0.667. The smallest absolute Gasteiger partial charge is 0.0950 e. The Morgan fingerprint density at radius 3 is 2.80 bits per heavy atom. The molecular weight excluding hydrogens is 190 g/mol. The Bertz CT molecular complexity index is 271. The van der Waals surface area contributed by atoms with Crippen LogP contribution in [0, 0.1) is 0 Å². The summed E-state index contributed by atoms with van der Waals surface area (Å²) in [6, 6.07) is 2.22. The van der Waals surface area contributed by atoms with Crippen LogP contribution in [0.25, 0.3) is 0 Å². The van der Waals surface area contributed by atoms with E-state index in [0.29, 0.717) is 0 Å². The topological polar surface area (TPSA) is 45.4 Å². The molecule has 0 aromatic carbocycles. The lowest BCUT2D eigenvalue weighted by Gasteiger charge is -2.32. The van der Waals surface area contributed by atoms with E-state index in [-0.39, 0.29) is 18.2 Å². The summed E-state index contributed by atoms with van der Waals surface area (Å²) in [7, 11) is 0. The van der Waals surface area contributed by atoms with Crippen LogP contribution >= 0.6 is 0 Å². The summed E-state index contributed by atoms with van der Waals surface area (Å²) >= 11 is 0. The van der Waals surface area contributed by atoms with Crippen LogP contribution in [0.2, 0.25) is 0 Å². The first-order chi connectivity index (χ1) is 7.11. The average Bonchev–Trinajstić information content (AvgIpc) is 2.71. The van der Waals surface area contributed by atoms with E-state index in [4.69, 9.17) is 9.52 Å². The van der Waals surface area contributed by atoms with Gasteiger partial charge in [-0.1, -0.05) is 6.92 Å². The number of furan rings is 1. The second-order valence-electron chi connectivity index (χ2n) is 4.31. The Morgan fingerprint density at radius 2 is 2.33 bits per heavy atom. The van der Waals surface area contributed by atoms with Gasteiger partial charge in [-0.05, 0) is 32.8 Å². The summed E-state index contributed by atoms with van der Waals surface area (Å²) in [4.78, 5) is 0. The highest BCUT2D eigenvalue weighted by atomic mass is 16.3. The van der Waals surface area contributed by atoms with E-state index >= 15 is 0 Å². The first-order valence-electron chi connectivity index (χ1n) is 5.52.